The Morgan fingerprint density at radius 3 is 2.12 bits per heavy atom. The maximum atomic E-state index is 12.1. The maximum Gasteiger partial charge on any atom is 0.311 e. The van der Waals surface area contributed by atoms with Crippen molar-refractivity contribution in [1.82, 2.24) is 0 Å². The molecule has 1 rings (SSSR count). The van der Waals surface area contributed by atoms with E-state index in [2.05, 4.69) is 20.4 Å². The third kappa shape index (κ3) is 8.05. The number of unbranched alkanes of at least 4 members (excludes halogenated alkanes) is 4. The molecule has 0 amide bonds. The van der Waals surface area contributed by atoms with Crippen molar-refractivity contribution < 1.29 is 19.1 Å². The Bertz CT molecular complexity index is 610. The number of carbonyl (C=O) groups is 2. The summed E-state index contributed by atoms with van der Waals surface area (Å²) in [5, 5.41) is 0.254. The van der Waals surface area contributed by atoms with Crippen LogP contribution >= 0.6 is 11.6 Å². The van der Waals surface area contributed by atoms with Gasteiger partial charge in [-0.15, -0.1) is 6.58 Å². The first kappa shape index (κ1) is 22.2. The van der Waals surface area contributed by atoms with E-state index in [9.17, 15) is 9.59 Å². The van der Waals surface area contributed by atoms with Crippen molar-refractivity contribution >= 4 is 23.5 Å². The predicted molar refractivity (Wildman–Crippen MR) is 105 cm³/mol. The molecule has 0 heterocycles. The van der Waals surface area contributed by atoms with Gasteiger partial charge in [-0.2, -0.15) is 0 Å². The van der Waals surface area contributed by atoms with E-state index in [0.29, 0.717) is 19.3 Å². The highest BCUT2D eigenvalue weighted by molar-refractivity contribution is 6.32. The summed E-state index contributed by atoms with van der Waals surface area (Å²) in [7, 11) is 0. The maximum absolute atomic E-state index is 12.1. The molecule has 0 aliphatic heterocycles. The van der Waals surface area contributed by atoms with Gasteiger partial charge in [-0.25, -0.2) is 0 Å². The third-order valence-electron chi connectivity index (χ3n) is 3.86. The van der Waals surface area contributed by atoms with Gasteiger partial charge in [0.2, 0.25) is 0 Å². The molecule has 4 nitrogen and oxygen atoms in total. The Labute approximate surface area is 161 Å². The molecule has 0 saturated carbocycles. The molecule has 5 heteroatoms. The Morgan fingerprint density at radius 1 is 1.00 bits per heavy atom. The zero-order valence-electron chi connectivity index (χ0n) is 15.8. The summed E-state index contributed by atoms with van der Waals surface area (Å²) in [6.07, 6.45) is 8.42. The van der Waals surface area contributed by atoms with E-state index >= 15 is 0 Å². The fraction of sp³-hybridized carbons (Fsp3) is 0.524. The van der Waals surface area contributed by atoms with Crippen molar-refractivity contribution in [2.45, 2.75) is 71.6 Å². The number of allylic oxidation sites excluding steroid dienone is 1. The number of benzene rings is 1. The van der Waals surface area contributed by atoms with Crippen molar-refractivity contribution in [2.24, 2.45) is 0 Å². The molecule has 0 atom stereocenters. The van der Waals surface area contributed by atoms with E-state index < -0.39 is 0 Å². The Kier molecular flexibility index (Phi) is 10.7. The SMILES string of the molecule is C=CCc1cc(Cl)c(OC(=O)CCCCC)c(OC(=O)CCCCC)c1. The van der Waals surface area contributed by atoms with Crippen LogP contribution in [-0.2, 0) is 16.0 Å². The molecule has 0 bridgehead atoms. The number of carbonyl (C=O) groups excluding carboxylic acids is 2. The van der Waals surface area contributed by atoms with Gasteiger partial charge in [-0.3, -0.25) is 9.59 Å². The van der Waals surface area contributed by atoms with Crippen molar-refractivity contribution in [3.63, 3.8) is 0 Å². The largest absolute Gasteiger partial charge is 0.422 e. The normalized spacial score (nSPS) is 10.4. The summed E-state index contributed by atoms with van der Waals surface area (Å²) in [6, 6.07) is 3.38. The summed E-state index contributed by atoms with van der Waals surface area (Å²) in [5.41, 5.74) is 0.840. The van der Waals surface area contributed by atoms with Crippen LogP contribution in [0.3, 0.4) is 0 Å². The quantitative estimate of drug-likeness (QED) is 0.192. The van der Waals surface area contributed by atoms with E-state index in [4.69, 9.17) is 21.1 Å². The van der Waals surface area contributed by atoms with Gasteiger partial charge in [0.05, 0.1) is 5.02 Å². The Morgan fingerprint density at radius 2 is 1.58 bits per heavy atom. The first-order valence-electron chi connectivity index (χ1n) is 9.36. The molecule has 0 unspecified atom stereocenters. The monoisotopic (exact) mass is 380 g/mol. The Balaban J connectivity index is 2.93. The summed E-state index contributed by atoms with van der Waals surface area (Å²) < 4.78 is 10.9. The fourth-order valence-electron chi connectivity index (χ4n) is 2.46. The van der Waals surface area contributed by atoms with Crippen LogP contribution in [0.5, 0.6) is 11.5 Å². The highest BCUT2D eigenvalue weighted by Gasteiger charge is 2.18. The lowest BCUT2D eigenvalue weighted by atomic mass is 10.1. The van der Waals surface area contributed by atoms with E-state index in [1.165, 1.54) is 0 Å². The van der Waals surface area contributed by atoms with Crippen LogP contribution in [0.25, 0.3) is 0 Å². The third-order valence-corrected chi connectivity index (χ3v) is 4.14. The minimum Gasteiger partial charge on any atom is -0.422 e. The van der Waals surface area contributed by atoms with Crippen molar-refractivity contribution in [3.05, 3.63) is 35.4 Å². The molecule has 0 aromatic heterocycles. The molecule has 26 heavy (non-hydrogen) atoms. The van der Waals surface area contributed by atoms with E-state index in [1.54, 1.807) is 18.2 Å². The minimum atomic E-state index is -0.375. The minimum absolute atomic E-state index is 0.116. The van der Waals surface area contributed by atoms with Crippen molar-refractivity contribution in [2.75, 3.05) is 0 Å². The average molecular weight is 381 g/mol. The lowest BCUT2D eigenvalue weighted by molar-refractivity contribution is -0.137. The van der Waals surface area contributed by atoms with Crippen LogP contribution in [0.4, 0.5) is 0 Å². The van der Waals surface area contributed by atoms with Gasteiger partial charge in [-0.1, -0.05) is 57.2 Å². The predicted octanol–water partition coefficient (Wildman–Crippen LogP) is 6.04. The Hall–Kier alpha value is -1.81. The summed E-state index contributed by atoms with van der Waals surface area (Å²) in [6.45, 7) is 7.84. The van der Waals surface area contributed by atoms with Gasteiger partial charge < -0.3 is 9.47 Å². The van der Waals surface area contributed by atoms with Gasteiger partial charge in [0.15, 0.2) is 11.5 Å². The van der Waals surface area contributed by atoms with Crippen LogP contribution in [0.15, 0.2) is 24.8 Å². The molecule has 0 N–H and O–H groups in total. The first-order chi connectivity index (χ1) is 12.5. The second kappa shape index (κ2) is 12.5. The topological polar surface area (TPSA) is 52.6 Å². The van der Waals surface area contributed by atoms with Crippen LogP contribution in [-0.4, -0.2) is 11.9 Å². The summed E-state index contributed by atoms with van der Waals surface area (Å²) >= 11 is 6.28. The molecule has 0 saturated heterocycles. The van der Waals surface area contributed by atoms with Gasteiger partial charge in [0.1, 0.15) is 0 Å². The molecule has 0 fully saturated rings. The highest BCUT2D eigenvalue weighted by Crippen LogP contribution is 2.37. The van der Waals surface area contributed by atoms with Crippen molar-refractivity contribution in [1.29, 1.82) is 0 Å². The van der Waals surface area contributed by atoms with Gasteiger partial charge in [0.25, 0.3) is 0 Å². The molecule has 144 valence electrons. The number of esters is 2. The number of ether oxygens (including phenoxy) is 2. The first-order valence-corrected chi connectivity index (χ1v) is 9.74. The molecule has 1 aromatic rings. The molecule has 0 spiro atoms. The number of halogens is 1. The lowest BCUT2D eigenvalue weighted by Gasteiger charge is -2.14. The summed E-state index contributed by atoms with van der Waals surface area (Å²) in [5.74, 6) is -0.418. The molecule has 0 aliphatic rings. The van der Waals surface area contributed by atoms with Crippen molar-refractivity contribution in [3.8, 4) is 11.5 Å². The van der Waals surface area contributed by atoms with Gasteiger partial charge in [-0.05, 0) is 37.0 Å². The standard InChI is InChI=1S/C21H29ClO4/c1-4-7-9-12-19(23)25-18-15-16(11-6-3)14-17(22)21(18)26-20(24)13-10-8-5-2/h6,14-15H,3-5,7-13H2,1-2H3. The molecular formula is C21H29ClO4. The van der Waals surface area contributed by atoms with Gasteiger partial charge >= 0.3 is 11.9 Å². The second-order valence-electron chi connectivity index (χ2n) is 6.26. The van der Waals surface area contributed by atoms with Crippen LogP contribution < -0.4 is 9.47 Å². The molecule has 1 aromatic carbocycles. The highest BCUT2D eigenvalue weighted by atomic mass is 35.5. The zero-order chi connectivity index (χ0) is 19.4. The summed E-state index contributed by atoms with van der Waals surface area (Å²) in [4.78, 5) is 24.2. The smallest absolute Gasteiger partial charge is 0.311 e. The number of hydrogen-bond acceptors (Lipinski definition) is 4. The second-order valence-corrected chi connectivity index (χ2v) is 6.67. The van der Waals surface area contributed by atoms with E-state index in [-0.39, 0.29) is 28.5 Å². The molecule has 0 aliphatic carbocycles. The van der Waals surface area contributed by atoms with Gasteiger partial charge in [0, 0.05) is 12.8 Å². The van der Waals surface area contributed by atoms with E-state index in [1.807, 2.05) is 0 Å². The van der Waals surface area contributed by atoms with E-state index in [0.717, 1.165) is 44.1 Å². The zero-order valence-corrected chi connectivity index (χ0v) is 16.6. The van der Waals surface area contributed by atoms with Crippen LogP contribution in [0.1, 0.15) is 70.8 Å². The van der Waals surface area contributed by atoms with Crippen LogP contribution in [0.2, 0.25) is 5.02 Å². The number of rotatable bonds is 12. The average Bonchev–Trinajstić information content (AvgIpc) is 2.59. The molecule has 0 radical (unpaired) electrons. The van der Waals surface area contributed by atoms with Crippen LogP contribution in [0, 0.1) is 0 Å². The number of hydrogen-bond donors (Lipinski definition) is 0. The molecular weight excluding hydrogens is 352 g/mol. The lowest BCUT2D eigenvalue weighted by Crippen LogP contribution is -2.12. The fourth-order valence-corrected chi connectivity index (χ4v) is 2.73.